The smallest absolute Gasteiger partial charge is 0.242 e. The highest BCUT2D eigenvalue weighted by Crippen LogP contribution is 2.26. The second kappa shape index (κ2) is 7.25. The maximum Gasteiger partial charge on any atom is 0.242 e. The van der Waals surface area contributed by atoms with Gasteiger partial charge in [-0.05, 0) is 36.8 Å². The number of amides is 1. The van der Waals surface area contributed by atoms with Gasteiger partial charge in [0.05, 0.1) is 17.8 Å². The van der Waals surface area contributed by atoms with Gasteiger partial charge in [0, 0.05) is 15.4 Å². The molecule has 0 aliphatic heterocycles. The highest BCUT2D eigenvalue weighted by atomic mass is 35.5. The predicted octanol–water partition coefficient (Wildman–Crippen LogP) is 3.58. The van der Waals surface area contributed by atoms with Crippen LogP contribution in [0, 0.1) is 0 Å². The van der Waals surface area contributed by atoms with Crippen molar-refractivity contribution in [1.82, 2.24) is 15.1 Å². The van der Waals surface area contributed by atoms with Crippen LogP contribution < -0.4 is 10.7 Å². The van der Waals surface area contributed by atoms with Gasteiger partial charge in [-0.1, -0.05) is 41.4 Å². The molecule has 1 heterocycles. The van der Waals surface area contributed by atoms with Crippen LogP contribution in [-0.2, 0) is 11.3 Å². The number of nitrogens with zero attached hydrogens (tertiary/aromatic N) is 2. The van der Waals surface area contributed by atoms with Gasteiger partial charge in [0.15, 0.2) is 0 Å². The molecule has 3 rings (SSSR count). The van der Waals surface area contributed by atoms with Gasteiger partial charge in [-0.3, -0.25) is 14.3 Å². The SMILES string of the molecule is C[C@@H](NC(=O)Cn1ncc(=O)c2ccccc21)c1ccc(Cl)cc1Cl. The molecular weight excluding hydrogens is 361 g/mol. The topological polar surface area (TPSA) is 64.0 Å². The molecule has 2 aromatic carbocycles. The maximum atomic E-state index is 12.4. The van der Waals surface area contributed by atoms with Crippen LogP contribution in [0.25, 0.3) is 10.9 Å². The molecule has 25 heavy (non-hydrogen) atoms. The second-order valence-electron chi connectivity index (χ2n) is 5.64. The molecular formula is C18H15Cl2N3O2. The molecule has 0 saturated carbocycles. The van der Waals surface area contributed by atoms with Gasteiger partial charge in [-0.15, -0.1) is 0 Å². The van der Waals surface area contributed by atoms with Crippen molar-refractivity contribution in [2.45, 2.75) is 19.5 Å². The highest BCUT2D eigenvalue weighted by Gasteiger charge is 2.14. The molecule has 0 saturated heterocycles. The molecule has 0 spiro atoms. The zero-order chi connectivity index (χ0) is 18.0. The number of rotatable bonds is 4. The lowest BCUT2D eigenvalue weighted by Crippen LogP contribution is -2.31. The molecule has 1 aromatic heterocycles. The van der Waals surface area contributed by atoms with Gasteiger partial charge in [0.1, 0.15) is 6.54 Å². The zero-order valence-electron chi connectivity index (χ0n) is 13.4. The first-order valence-corrected chi connectivity index (χ1v) is 8.40. The molecule has 3 aromatic rings. The first-order valence-electron chi connectivity index (χ1n) is 7.65. The molecule has 7 heteroatoms. The lowest BCUT2D eigenvalue weighted by Gasteiger charge is -2.17. The van der Waals surface area contributed by atoms with Crippen LogP contribution in [0.4, 0.5) is 0 Å². The zero-order valence-corrected chi connectivity index (χ0v) is 14.9. The van der Waals surface area contributed by atoms with Crippen molar-refractivity contribution in [2.75, 3.05) is 0 Å². The third-order valence-electron chi connectivity index (χ3n) is 3.86. The van der Waals surface area contributed by atoms with Crippen LogP contribution in [-0.4, -0.2) is 15.7 Å². The number of para-hydroxylation sites is 1. The molecule has 0 radical (unpaired) electrons. The molecule has 1 atom stereocenters. The first-order chi connectivity index (χ1) is 12.0. The van der Waals surface area contributed by atoms with Crippen molar-refractivity contribution in [2.24, 2.45) is 0 Å². The third-order valence-corrected chi connectivity index (χ3v) is 4.42. The van der Waals surface area contributed by atoms with E-state index in [4.69, 9.17) is 23.2 Å². The number of hydrogen-bond acceptors (Lipinski definition) is 3. The van der Waals surface area contributed by atoms with Gasteiger partial charge in [-0.25, -0.2) is 0 Å². The summed E-state index contributed by atoms with van der Waals surface area (Å²) in [6.07, 6.45) is 1.22. The Hall–Kier alpha value is -2.37. The number of carbonyl (C=O) groups is 1. The second-order valence-corrected chi connectivity index (χ2v) is 6.48. The summed E-state index contributed by atoms with van der Waals surface area (Å²) in [5, 5.41) is 8.49. The van der Waals surface area contributed by atoms with Gasteiger partial charge in [0.2, 0.25) is 11.3 Å². The van der Waals surface area contributed by atoms with E-state index in [0.29, 0.717) is 20.9 Å². The van der Waals surface area contributed by atoms with E-state index in [0.717, 1.165) is 5.56 Å². The summed E-state index contributed by atoms with van der Waals surface area (Å²) in [6, 6.07) is 11.9. The number of hydrogen-bond donors (Lipinski definition) is 1. The van der Waals surface area contributed by atoms with Crippen molar-refractivity contribution in [3.05, 3.63) is 74.5 Å². The van der Waals surface area contributed by atoms with Crippen LogP contribution in [0.3, 0.4) is 0 Å². The lowest BCUT2D eigenvalue weighted by atomic mass is 10.1. The summed E-state index contributed by atoms with van der Waals surface area (Å²) >= 11 is 12.1. The minimum absolute atomic E-state index is 0.00363. The standard InChI is InChI=1S/C18H15Cl2N3O2/c1-11(13-7-6-12(19)8-15(13)20)22-18(25)10-23-16-5-3-2-4-14(16)17(24)9-21-23/h2-9,11H,10H2,1H3,(H,22,25)/t11-/m1/s1. The van der Waals surface area contributed by atoms with Crippen molar-refractivity contribution in [3.8, 4) is 0 Å². The Morgan fingerprint density at radius 2 is 2.00 bits per heavy atom. The number of aromatic nitrogens is 2. The minimum Gasteiger partial charge on any atom is -0.348 e. The first kappa shape index (κ1) is 17.5. The van der Waals surface area contributed by atoms with E-state index in [1.807, 2.05) is 6.92 Å². The van der Waals surface area contributed by atoms with Crippen molar-refractivity contribution < 1.29 is 4.79 Å². The summed E-state index contributed by atoms with van der Waals surface area (Å²) in [4.78, 5) is 24.2. The Balaban J connectivity index is 1.79. The lowest BCUT2D eigenvalue weighted by molar-refractivity contribution is -0.122. The fourth-order valence-electron chi connectivity index (χ4n) is 2.64. The van der Waals surface area contributed by atoms with E-state index in [2.05, 4.69) is 10.4 Å². The Bertz CT molecular complexity index is 1000. The number of carbonyl (C=O) groups excluding carboxylic acids is 1. The minimum atomic E-state index is -0.289. The van der Waals surface area contributed by atoms with E-state index in [-0.39, 0.29) is 23.9 Å². The maximum absolute atomic E-state index is 12.4. The Kier molecular flexibility index (Phi) is 5.06. The van der Waals surface area contributed by atoms with Crippen LogP contribution in [0.5, 0.6) is 0 Å². The van der Waals surface area contributed by atoms with E-state index < -0.39 is 0 Å². The Labute approximate surface area is 154 Å². The molecule has 0 aliphatic rings. The average molecular weight is 376 g/mol. The normalized spacial score (nSPS) is 12.1. The van der Waals surface area contributed by atoms with Crippen LogP contribution >= 0.6 is 23.2 Å². The van der Waals surface area contributed by atoms with Crippen molar-refractivity contribution in [1.29, 1.82) is 0 Å². The summed E-state index contributed by atoms with van der Waals surface area (Å²) in [5.74, 6) is -0.236. The number of benzene rings is 2. The van der Waals surface area contributed by atoms with Gasteiger partial charge in [0.25, 0.3) is 0 Å². The summed E-state index contributed by atoms with van der Waals surface area (Å²) in [7, 11) is 0. The summed E-state index contributed by atoms with van der Waals surface area (Å²) in [5.41, 5.74) is 1.22. The van der Waals surface area contributed by atoms with E-state index >= 15 is 0 Å². The molecule has 1 amide bonds. The fraction of sp³-hybridized carbons (Fsp3) is 0.167. The summed E-state index contributed by atoms with van der Waals surface area (Å²) < 4.78 is 1.50. The van der Waals surface area contributed by atoms with Gasteiger partial charge < -0.3 is 5.32 Å². The van der Waals surface area contributed by atoms with Crippen molar-refractivity contribution >= 4 is 40.0 Å². The number of halogens is 2. The monoisotopic (exact) mass is 375 g/mol. The predicted molar refractivity (Wildman–Crippen MR) is 99.0 cm³/mol. The van der Waals surface area contributed by atoms with E-state index in [1.165, 1.54) is 10.9 Å². The Morgan fingerprint density at radius 1 is 1.24 bits per heavy atom. The largest absolute Gasteiger partial charge is 0.348 e. The molecule has 1 N–H and O–H groups in total. The molecule has 0 fully saturated rings. The number of fused-ring (bicyclic) bond motifs is 1. The quantitative estimate of drug-likeness (QED) is 0.757. The third kappa shape index (κ3) is 3.83. The van der Waals surface area contributed by atoms with E-state index in [1.54, 1.807) is 42.5 Å². The average Bonchev–Trinajstić information content (AvgIpc) is 2.57. The van der Waals surface area contributed by atoms with Crippen LogP contribution in [0.1, 0.15) is 18.5 Å². The molecule has 0 bridgehead atoms. The highest BCUT2D eigenvalue weighted by molar-refractivity contribution is 6.35. The molecule has 0 aliphatic carbocycles. The van der Waals surface area contributed by atoms with Gasteiger partial charge >= 0.3 is 0 Å². The molecule has 128 valence electrons. The fourth-order valence-corrected chi connectivity index (χ4v) is 3.21. The number of nitrogens with one attached hydrogen (secondary N) is 1. The summed E-state index contributed by atoms with van der Waals surface area (Å²) in [6.45, 7) is 1.83. The molecule has 5 nitrogen and oxygen atoms in total. The van der Waals surface area contributed by atoms with Crippen molar-refractivity contribution in [3.63, 3.8) is 0 Å². The van der Waals surface area contributed by atoms with Crippen LogP contribution in [0.15, 0.2) is 53.5 Å². The van der Waals surface area contributed by atoms with Gasteiger partial charge in [-0.2, -0.15) is 5.10 Å². The molecule has 0 unspecified atom stereocenters. The van der Waals surface area contributed by atoms with E-state index in [9.17, 15) is 9.59 Å². The van der Waals surface area contributed by atoms with Crippen LogP contribution in [0.2, 0.25) is 10.0 Å². The Morgan fingerprint density at radius 3 is 2.76 bits per heavy atom.